The molecule has 2 fully saturated rings. The van der Waals surface area contributed by atoms with E-state index in [9.17, 15) is 14.4 Å². The second kappa shape index (κ2) is 7.57. The Morgan fingerprint density at radius 3 is 2.52 bits per heavy atom. The third-order valence-electron chi connectivity index (χ3n) is 4.15. The Morgan fingerprint density at radius 2 is 1.96 bits per heavy atom. The van der Waals surface area contributed by atoms with Gasteiger partial charge in [0.2, 0.25) is 17.7 Å². The van der Waals surface area contributed by atoms with Crippen molar-refractivity contribution in [1.29, 1.82) is 0 Å². The Balaban J connectivity index is 0.00000192. The van der Waals surface area contributed by atoms with E-state index < -0.39 is 0 Å². The number of nitrogens with one attached hydrogen (secondary N) is 3. The molecule has 3 N–H and O–H groups in total. The summed E-state index contributed by atoms with van der Waals surface area (Å²) in [6.45, 7) is 0.888. The number of carbonyl (C=O) groups is 3. The molecule has 2 atom stereocenters. The maximum Gasteiger partial charge on any atom is 0.241 e. The van der Waals surface area contributed by atoms with E-state index in [1.165, 1.54) is 0 Å². The molecule has 0 radical (unpaired) electrons. The van der Waals surface area contributed by atoms with Crippen LogP contribution < -0.4 is 16.0 Å². The number of halogens is 1. The fraction of sp³-hybridized carbons (Fsp3) is 0.438. The molecule has 0 bridgehead atoms. The van der Waals surface area contributed by atoms with E-state index >= 15 is 0 Å². The van der Waals surface area contributed by atoms with E-state index in [2.05, 4.69) is 16.0 Å². The van der Waals surface area contributed by atoms with Gasteiger partial charge in [0.25, 0.3) is 0 Å². The predicted molar refractivity (Wildman–Crippen MR) is 88.3 cm³/mol. The van der Waals surface area contributed by atoms with Gasteiger partial charge in [-0.15, -0.1) is 12.4 Å². The number of rotatable bonds is 4. The summed E-state index contributed by atoms with van der Waals surface area (Å²) >= 11 is 0. The zero-order chi connectivity index (χ0) is 15.5. The van der Waals surface area contributed by atoms with Crippen LogP contribution in [0, 0.1) is 5.92 Å². The highest BCUT2D eigenvalue weighted by atomic mass is 35.5. The van der Waals surface area contributed by atoms with E-state index in [0.717, 1.165) is 30.6 Å². The van der Waals surface area contributed by atoms with Crippen LogP contribution in [0.3, 0.4) is 0 Å². The molecule has 0 saturated carbocycles. The van der Waals surface area contributed by atoms with Gasteiger partial charge < -0.3 is 10.6 Å². The van der Waals surface area contributed by atoms with E-state index in [1.807, 2.05) is 24.3 Å². The Bertz CT molecular complexity index is 597. The smallest absolute Gasteiger partial charge is 0.241 e. The Kier molecular flexibility index (Phi) is 5.74. The molecule has 0 spiro atoms. The standard InChI is InChI=1S/C16H19N3O3.ClH/c20-14-9-11(15(21)19-14)8-10-3-5-12(6-4-10)18-16(22)13-2-1-7-17-13;/h3-6,11,13,17H,1-2,7-9H2,(H,18,22)(H,19,20,21);1H. The number of hydrogen-bond donors (Lipinski definition) is 3. The minimum absolute atomic E-state index is 0. The molecular formula is C16H20ClN3O3. The van der Waals surface area contributed by atoms with Crippen LogP contribution in [-0.2, 0) is 20.8 Å². The molecule has 1 aromatic carbocycles. The van der Waals surface area contributed by atoms with Crippen molar-refractivity contribution in [2.24, 2.45) is 5.92 Å². The van der Waals surface area contributed by atoms with Crippen LogP contribution in [0.15, 0.2) is 24.3 Å². The molecule has 0 aliphatic carbocycles. The number of imide groups is 1. The predicted octanol–water partition coefficient (Wildman–Crippen LogP) is 1.00. The molecule has 6 nitrogen and oxygen atoms in total. The summed E-state index contributed by atoms with van der Waals surface area (Å²) in [5.41, 5.74) is 1.72. The summed E-state index contributed by atoms with van der Waals surface area (Å²) in [6, 6.07) is 7.32. The Hall–Kier alpha value is -1.92. The molecule has 2 heterocycles. The molecule has 3 amide bonds. The van der Waals surface area contributed by atoms with Gasteiger partial charge in [-0.25, -0.2) is 0 Å². The summed E-state index contributed by atoms with van der Waals surface area (Å²) in [4.78, 5) is 34.7. The van der Waals surface area contributed by atoms with Gasteiger partial charge in [-0.2, -0.15) is 0 Å². The van der Waals surface area contributed by atoms with Crippen molar-refractivity contribution < 1.29 is 14.4 Å². The average molecular weight is 338 g/mol. The summed E-state index contributed by atoms with van der Waals surface area (Å²) in [5, 5.41) is 8.36. The van der Waals surface area contributed by atoms with Crippen LogP contribution in [0.1, 0.15) is 24.8 Å². The first-order valence-electron chi connectivity index (χ1n) is 7.59. The number of amides is 3. The van der Waals surface area contributed by atoms with Crippen molar-refractivity contribution in [3.05, 3.63) is 29.8 Å². The van der Waals surface area contributed by atoms with Crippen molar-refractivity contribution in [2.45, 2.75) is 31.7 Å². The van der Waals surface area contributed by atoms with Crippen LogP contribution in [0.2, 0.25) is 0 Å². The topological polar surface area (TPSA) is 87.3 Å². The van der Waals surface area contributed by atoms with Gasteiger partial charge in [0.05, 0.1) is 12.0 Å². The van der Waals surface area contributed by atoms with Crippen LogP contribution in [0.5, 0.6) is 0 Å². The van der Waals surface area contributed by atoms with Crippen molar-refractivity contribution >= 4 is 35.8 Å². The number of anilines is 1. The first kappa shape index (κ1) is 17.4. The summed E-state index contributed by atoms with van der Waals surface area (Å²) in [7, 11) is 0. The zero-order valence-corrected chi connectivity index (χ0v) is 13.4. The zero-order valence-electron chi connectivity index (χ0n) is 12.6. The normalized spacial score (nSPS) is 23.3. The molecule has 2 saturated heterocycles. The maximum absolute atomic E-state index is 12.0. The number of carbonyl (C=O) groups excluding carboxylic acids is 3. The molecule has 7 heteroatoms. The second-order valence-corrected chi connectivity index (χ2v) is 5.85. The second-order valence-electron chi connectivity index (χ2n) is 5.85. The van der Waals surface area contributed by atoms with Crippen molar-refractivity contribution in [2.75, 3.05) is 11.9 Å². The van der Waals surface area contributed by atoms with Gasteiger partial charge in [0.1, 0.15) is 0 Å². The molecule has 1 aromatic rings. The van der Waals surface area contributed by atoms with Crippen LogP contribution in [-0.4, -0.2) is 30.3 Å². The van der Waals surface area contributed by atoms with E-state index in [-0.39, 0.29) is 48.5 Å². The lowest BCUT2D eigenvalue weighted by molar-refractivity contribution is -0.125. The van der Waals surface area contributed by atoms with Crippen molar-refractivity contribution in [1.82, 2.24) is 10.6 Å². The molecule has 2 aliphatic rings. The first-order valence-corrected chi connectivity index (χ1v) is 7.59. The highest BCUT2D eigenvalue weighted by Crippen LogP contribution is 2.19. The number of hydrogen-bond acceptors (Lipinski definition) is 4. The Morgan fingerprint density at radius 1 is 1.22 bits per heavy atom. The molecule has 3 rings (SSSR count). The minimum atomic E-state index is -0.282. The van der Waals surface area contributed by atoms with Crippen LogP contribution in [0.25, 0.3) is 0 Å². The number of benzene rings is 1. The lowest BCUT2D eigenvalue weighted by Gasteiger charge is -2.12. The van der Waals surface area contributed by atoms with Gasteiger partial charge in [-0.05, 0) is 43.5 Å². The highest BCUT2D eigenvalue weighted by Gasteiger charge is 2.30. The molecule has 124 valence electrons. The first-order chi connectivity index (χ1) is 10.6. The molecule has 23 heavy (non-hydrogen) atoms. The van der Waals surface area contributed by atoms with E-state index in [4.69, 9.17) is 0 Å². The lowest BCUT2D eigenvalue weighted by atomic mass is 9.98. The van der Waals surface area contributed by atoms with Crippen LogP contribution in [0.4, 0.5) is 5.69 Å². The largest absolute Gasteiger partial charge is 0.325 e. The molecular weight excluding hydrogens is 318 g/mol. The molecule has 2 aliphatic heterocycles. The SMILES string of the molecule is Cl.O=C1CC(Cc2ccc(NC(=O)C3CCCN3)cc2)C(=O)N1. The fourth-order valence-corrected chi connectivity index (χ4v) is 2.92. The van der Waals surface area contributed by atoms with Gasteiger partial charge >= 0.3 is 0 Å². The van der Waals surface area contributed by atoms with Crippen molar-refractivity contribution in [3.8, 4) is 0 Å². The van der Waals surface area contributed by atoms with Gasteiger partial charge in [0, 0.05) is 12.1 Å². The monoisotopic (exact) mass is 337 g/mol. The van der Waals surface area contributed by atoms with Crippen molar-refractivity contribution in [3.63, 3.8) is 0 Å². The van der Waals surface area contributed by atoms with Gasteiger partial charge in [0.15, 0.2) is 0 Å². The Labute approximate surface area is 140 Å². The van der Waals surface area contributed by atoms with E-state index in [0.29, 0.717) is 6.42 Å². The third-order valence-corrected chi connectivity index (χ3v) is 4.15. The van der Waals surface area contributed by atoms with Gasteiger partial charge in [-0.3, -0.25) is 19.7 Å². The van der Waals surface area contributed by atoms with E-state index in [1.54, 1.807) is 0 Å². The van der Waals surface area contributed by atoms with Crippen LogP contribution >= 0.6 is 12.4 Å². The third kappa shape index (κ3) is 4.30. The fourth-order valence-electron chi connectivity index (χ4n) is 2.92. The molecule has 0 aromatic heterocycles. The van der Waals surface area contributed by atoms with Gasteiger partial charge in [-0.1, -0.05) is 12.1 Å². The average Bonchev–Trinajstić information content (AvgIpc) is 3.12. The summed E-state index contributed by atoms with van der Waals surface area (Å²) < 4.78 is 0. The highest BCUT2D eigenvalue weighted by molar-refractivity contribution is 6.03. The summed E-state index contributed by atoms with van der Waals surface area (Å²) in [6.07, 6.45) is 2.69. The molecule has 2 unspecified atom stereocenters. The quantitative estimate of drug-likeness (QED) is 0.715. The maximum atomic E-state index is 12.0. The lowest BCUT2D eigenvalue weighted by Crippen LogP contribution is -2.35. The minimum Gasteiger partial charge on any atom is -0.325 e. The summed E-state index contributed by atoms with van der Waals surface area (Å²) in [5.74, 6) is -0.695.